The first kappa shape index (κ1) is 15.3. The molecule has 0 bridgehead atoms. The minimum atomic E-state index is -1.41. The van der Waals surface area contributed by atoms with Crippen LogP contribution in [0.15, 0.2) is 12.1 Å². The van der Waals surface area contributed by atoms with Crippen molar-refractivity contribution in [1.82, 2.24) is 0 Å². The van der Waals surface area contributed by atoms with Gasteiger partial charge in [-0.1, -0.05) is 0 Å². The third-order valence-corrected chi connectivity index (χ3v) is 4.83. The Hall–Kier alpha value is -2.55. The molecule has 1 aromatic rings. The van der Waals surface area contributed by atoms with Crippen LogP contribution in [0.2, 0.25) is 0 Å². The Balaban J connectivity index is 2.00. The molecule has 3 rings (SSSR count). The molecular formula is C17H17NO5. The Bertz CT molecular complexity index is 712. The number of nitro groups is 1. The van der Waals surface area contributed by atoms with E-state index in [9.17, 15) is 14.9 Å². The summed E-state index contributed by atoms with van der Waals surface area (Å²) in [6.45, 7) is 1.70. The van der Waals surface area contributed by atoms with Crippen LogP contribution < -0.4 is 4.74 Å². The van der Waals surface area contributed by atoms with Crippen molar-refractivity contribution in [2.24, 2.45) is 11.8 Å². The number of nitrogens with zero attached hydrogens (tertiary/aromatic N) is 1. The average molecular weight is 315 g/mol. The van der Waals surface area contributed by atoms with Crippen LogP contribution in [0.5, 0.6) is 5.75 Å². The fourth-order valence-electron chi connectivity index (χ4n) is 3.79. The largest absolute Gasteiger partial charge is 0.511 e. The molecule has 0 saturated heterocycles. The van der Waals surface area contributed by atoms with Crippen molar-refractivity contribution in [3.63, 3.8) is 0 Å². The number of benzene rings is 1. The van der Waals surface area contributed by atoms with Gasteiger partial charge in [0.1, 0.15) is 5.75 Å². The molecule has 0 radical (unpaired) electrons. The highest BCUT2D eigenvalue weighted by molar-refractivity contribution is 5.65. The van der Waals surface area contributed by atoms with E-state index in [1.54, 1.807) is 6.92 Å². The van der Waals surface area contributed by atoms with Gasteiger partial charge in [0.25, 0.3) is 5.69 Å². The van der Waals surface area contributed by atoms with E-state index < -0.39 is 11.1 Å². The van der Waals surface area contributed by atoms with E-state index in [-0.39, 0.29) is 17.4 Å². The van der Waals surface area contributed by atoms with Crippen molar-refractivity contribution in [2.75, 3.05) is 0 Å². The molecule has 0 amide bonds. The zero-order valence-corrected chi connectivity index (χ0v) is 12.7. The summed E-state index contributed by atoms with van der Waals surface area (Å²) >= 11 is 0. The van der Waals surface area contributed by atoms with Gasteiger partial charge in [-0.3, -0.25) is 10.1 Å². The number of ether oxygens (including phenoxy) is 1. The highest BCUT2D eigenvalue weighted by atomic mass is 16.7. The lowest BCUT2D eigenvalue weighted by molar-refractivity contribution is -0.385. The molecule has 2 atom stereocenters. The van der Waals surface area contributed by atoms with Crippen molar-refractivity contribution in [3.05, 3.63) is 33.4 Å². The molecule has 23 heavy (non-hydrogen) atoms. The van der Waals surface area contributed by atoms with E-state index in [0.29, 0.717) is 23.0 Å². The molecule has 6 nitrogen and oxygen atoms in total. The quantitative estimate of drug-likeness (QED) is 0.301. The SMILES string of the molecule is Cc1c(OC(=O)O)ccc([N+](=O)[O-])c1C1C2CCC#CCCC21. The van der Waals surface area contributed by atoms with Gasteiger partial charge in [0.15, 0.2) is 0 Å². The van der Waals surface area contributed by atoms with Crippen LogP contribution in [0.25, 0.3) is 0 Å². The van der Waals surface area contributed by atoms with Gasteiger partial charge in [0, 0.05) is 30.0 Å². The first-order valence-corrected chi connectivity index (χ1v) is 7.65. The third kappa shape index (κ3) is 2.87. The number of carboxylic acid groups (broad SMARTS) is 1. The smallest absolute Gasteiger partial charge is 0.449 e. The lowest BCUT2D eigenvalue weighted by Crippen LogP contribution is -2.07. The summed E-state index contributed by atoms with van der Waals surface area (Å²) in [5, 5.41) is 20.2. The second kappa shape index (κ2) is 5.92. The van der Waals surface area contributed by atoms with Gasteiger partial charge in [-0.25, -0.2) is 4.79 Å². The minimum Gasteiger partial charge on any atom is -0.449 e. The van der Waals surface area contributed by atoms with Crippen LogP contribution in [0.3, 0.4) is 0 Å². The predicted molar refractivity (Wildman–Crippen MR) is 82.5 cm³/mol. The van der Waals surface area contributed by atoms with Gasteiger partial charge in [-0.15, -0.1) is 11.8 Å². The highest BCUT2D eigenvalue weighted by Gasteiger charge is 2.52. The van der Waals surface area contributed by atoms with E-state index in [0.717, 1.165) is 25.7 Å². The predicted octanol–water partition coefficient (Wildman–Crippen LogP) is 3.87. The second-order valence-electron chi connectivity index (χ2n) is 6.03. The van der Waals surface area contributed by atoms with E-state index in [4.69, 9.17) is 9.84 Å². The maximum Gasteiger partial charge on any atom is 0.511 e. The normalized spacial score (nSPS) is 25.2. The molecule has 1 aromatic carbocycles. The number of carbonyl (C=O) groups is 1. The number of rotatable bonds is 3. The molecule has 6 heteroatoms. The molecule has 120 valence electrons. The fourth-order valence-corrected chi connectivity index (χ4v) is 3.79. The average Bonchev–Trinajstić information content (AvgIpc) is 3.10. The van der Waals surface area contributed by atoms with Crippen molar-refractivity contribution in [3.8, 4) is 17.6 Å². The number of fused-ring (bicyclic) bond motifs is 1. The molecule has 1 N–H and O–H groups in total. The van der Waals surface area contributed by atoms with E-state index in [2.05, 4.69) is 11.8 Å². The van der Waals surface area contributed by atoms with E-state index in [1.165, 1.54) is 12.1 Å². The van der Waals surface area contributed by atoms with Crippen molar-refractivity contribution < 1.29 is 19.6 Å². The van der Waals surface area contributed by atoms with Gasteiger partial charge >= 0.3 is 6.16 Å². The Labute approximate surface area is 133 Å². The van der Waals surface area contributed by atoms with Crippen LogP contribution >= 0.6 is 0 Å². The van der Waals surface area contributed by atoms with Crippen LogP contribution in [0.1, 0.15) is 42.7 Å². The highest BCUT2D eigenvalue weighted by Crippen LogP contribution is 2.61. The lowest BCUT2D eigenvalue weighted by atomic mass is 9.98. The number of nitro benzene ring substituents is 1. The third-order valence-electron chi connectivity index (χ3n) is 4.83. The summed E-state index contributed by atoms with van der Waals surface area (Å²) in [6, 6.07) is 2.71. The van der Waals surface area contributed by atoms with Gasteiger partial charge < -0.3 is 9.84 Å². The first-order valence-electron chi connectivity index (χ1n) is 7.65. The van der Waals surface area contributed by atoms with Gasteiger partial charge in [0.2, 0.25) is 0 Å². The van der Waals surface area contributed by atoms with Crippen LogP contribution in [-0.2, 0) is 0 Å². The Morgan fingerprint density at radius 3 is 2.43 bits per heavy atom. The van der Waals surface area contributed by atoms with Crippen molar-refractivity contribution in [1.29, 1.82) is 0 Å². The summed E-state index contributed by atoms with van der Waals surface area (Å²) in [5.41, 5.74) is 1.24. The summed E-state index contributed by atoms with van der Waals surface area (Å²) in [6.07, 6.45) is 2.08. The van der Waals surface area contributed by atoms with Crippen molar-refractivity contribution >= 4 is 11.8 Å². The van der Waals surface area contributed by atoms with Gasteiger partial charge in [-0.2, -0.15) is 0 Å². The zero-order chi connectivity index (χ0) is 16.6. The minimum absolute atomic E-state index is 0.0536. The summed E-state index contributed by atoms with van der Waals surface area (Å²) < 4.78 is 4.77. The molecule has 1 saturated carbocycles. The molecule has 0 heterocycles. The zero-order valence-electron chi connectivity index (χ0n) is 12.7. The monoisotopic (exact) mass is 315 g/mol. The molecule has 1 fully saturated rings. The number of hydrogen-bond donors (Lipinski definition) is 1. The molecule has 0 aliphatic heterocycles. The molecule has 0 spiro atoms. The molecular weight excluding hydrogens is 298 g/mol. The topological polar surface area (TPSA) is 89.7 Å². The standard InChI is InChI=1S/C17H17NO5/c1-10-14(23-17(19)20)9-8-13(18(21)22)15(10)16-11-6-4-2-3-5-7-12(11)16/h8-9,11-12,16H,4-7H2,1H3,(H,19,20). The van der Waals surface area contributed by atoms with E-state index in [1.807, 2.05) is 0 Å². The maximum absolute atomic E-state index is 11.4. The molecule has 0 aromatic heterocycles. The molecule has 2 aliphatic rings. The Morgan fingerprint density at radius 1 is 1.30 bits per heavy atom. The summed E-state index contributed by atoms with van der Waals surface area (Å²) in [4.78, 5) is 21.8. The second-order valence-corrected chi connectivity index (χ2v) is 6.03. The maximum atomic E-state index is 11.4. The Morgan fingerprint density at radius 2 is 1.91 bits per heavy atom. The van der Waals surface area contributed by atoms with Gasteiger partial charge in [-0.05, 0) is 43.6 Å². The lowest BCUT2D eigenvalue weighted by Gasteiger charge is -2.11. The van der Waals surface area contributed by atoms with Crippen molar-refractivity contribution in [2.45, 2.75) is 38.5 Å². The van der Waals surface area contributed by atoms with Gasteiger partial charge in [0.05, 0.1) is 4.92 Å². The first-order chi connectivity index (χ1) is 11.0. The Kier molecular flexibility index (Phi) is 3.95. The molecule has 2 aliphatic carbocycles. The van der Waals surface area contributed by atoms with Crippen LogP contribution in [0.4, 0.5) is 10.5 Å². The molecule has 2 unspecified atom stereocenters. The summed E-state index contributed by atoms with van der Waals surface area (Å²) in [7, 11) is 0. The summed E-state index contributed by atoms with van der Waals surface area (Å²) in [5.74, 6) is 7.29. The van der Waals surface area contributed by atoms with Crippen LogP contribution in [-0.4, -0.2) is 16.2 Å². The van der Waals surface area contributed by atoms with Crippen LogP contribution in [0, 0.1) is 40.7 Å². The van der Waals surface area contributed by atoms with E-state index >= 15 is 0 Å². The number of hydrogen-bond acceptors (Lipinski definition) is 4. The fraction of sp³-hybridized carbons (Fsp3) is 0.471.